The molecule has 0 aromatic heterocycles. The number of aromatic hydroxyl groups is 1. The highest BCUT2D eigenvalue weighted by atomic mass is 79.9. The summed E-state index contributed by atoms with van der Waals surface area (Å²) in [7, 11) is -2.93. The first-order chi connectivity index (χ1) is 15.6. The van der Waals surface area contributed by atoms with E-state index >= 15 is 0 Å². The largest absolute Gasteiger partial charge is 0.505 e. The zero-order valence-electron chi connectivity index (χ0n) is 17.5. The molecule has 3 aromatic carbocycles. The molecule has 0 radical (unpaired) electrons. The monoisotopic (exact) mass is 528 g/mol. The molecule has 33 heavy (non-hydrogen) atoms. The number of cyclic esters (lactones) is 1. The number of nitriles is 1. The van der Waals surface area contributed by atoms with E-state index in [9.17, 15) is 23.6 Å². The van der Waals surface area contributed by atoms with Gasteiger partial charge in [-0.05, 0) is 81.5 Å². The molecule has 1 aliphatic heterocycles. The quantitative estimate of drug-likeness (QED) is 0.445. The maximum absolute atomic E-state index is 13.2. The lowest BCUT2D eigenvalue weighted by Crippen LogP contribution is -2.15. The number of carbonyl (C=O) groups excluding carboxylic acids is 1. The lowest BCUT2D eigenvalue weighted by molar-refractivity contribution is 0.0473. The molecule has 0 saturated carbocycles. The molecule has 0 aliphatic carbocycles. The lowest BCUT2D eigenvalue weighted by Gasteiger charge is -2.17. The van der Waals surface area contributed by atoms with Crippen molar-refractivity contribution in [3.05, 3.63) is 69.2 Å². The summed E-state index contributed by atoms with van der Waals surface area (Å²) in [4.78, 5) is 12.2. The lowest BCUT2D eigenvalue weighted by atomic mass is 9.95. The summed E-state index contributed by atoms with van der Waals surface area (Å²) in [5, 5.41) is 19.8. The Hall–Kier alpha value is -3.55. The van der Waals surface area contributed by atoms with Gasteiger partial charge < -0.3 is 14.6 Å². The van der Waals surface area contributed by atoms with Crippen molar-refractivity contribution >= 4 is 37.6 Å². The second-order valence-corrected chi connectivity index (χ2v) is 9.85. The number of esters is 1. The fourth-order valence-corrected chi connectivity index (χ4v) is 5.43. The van der Waals surface area contributed by atoms with Gasteiger partial charge in [0.05, 0.1) is 34.5 Å². The third-order valence-electron chi connectivity index (χ3n) is 5.19. The second kappa shape index (κ2) is 8.42. The molecule has 8 nitrogen and oxygen atoms in total. The fourth-order valence-electron chi connectivity index (χ4n) is 3.64. The van der Waals surface area contributed by atoms with Crippen LogP contribution in [0.3, 0.4) is 0 Å². The van der Waals surface area contributed by atoms with Gasteiger partial charge in [0, 0.05) is 0 Å². The molecule has 1 heterocycles. The summed E-state index contributed by atoms with van der Waals surface area (Å²) in [6.07, 6.45) is 0. The Morgan fingerprint density at radius 1 is 1.18 bits per heavy atom. The molecule has 2 N–H and O–H groups in total. The van der Waals surface area contributed by atoms with Crippen molar-refractivity contribution in [2.45, 2.75) is 18.4 Å². The van der Waals surface area contributed by atoms with Crippen molar-refractivity contribution in [2.24, 2.45) is 0 Å². The average Bonchev–Trinajstić information content (AvgIpc) is 2.78. The first-order valence-corrected chi connectivity index (χ1v) is 11.9. The Kier molecular flexibility index (Phi) is 5.78. The third kappa shape index (κ3) is 4.13. The van der Waals surface area contributed by atoms with Gasteiger partial charge in [-0.15, -0.1) is 0 Å². The summed E-state index contributed by atoms with van der Waals surface area (Å²) in [5.41, 5.74) is 2.90. The number of sulfonamides is 1. The standard InChI is InChI=1S/C23H17BrN2O6S/c1-12-5-15-8-19(22(12)31-2)26-33(29,30)20-9-16(7-18(24)21(20)27)23(28)32-11-14-4-3-13(10-25)6-17(14)15/h3-9,26-27H,11H2,1-2H3. The average molecular weight is 529 g/mol. The number of halogens is 1. The summed E-state index contributed by atoms with van der Waals surface area (Å²) in [6.45, 7) is 1.63. The van der Waals surface area contributed by atoms with E-state index in [2.05, 4.69) is 26.7 Å². The number of aryl methyl sites for hydroxylation is 1. The molecular weight excluding hydrogens is 512 g/mol. The minimum atomic E-state index is -4.34. The van der Waals surface area contributed by atoms with Crippen LogP contribution in [0.1, 0.15) is 27.0 Å². The van der Waals surface area contributed by atoms with Crippen LogP contribution in [0.25, 0.3) is 11.1 Å². The van der Waals surface area contributed by atoms with Crippen LogP contribution in [0.5, 0.6) is 11.5 Å². The number of carbonyl (C=O) groups is 1. The molecular formula is C23H17BrN2O6S. The molecule has 3 aromatic rings. The van der Waals surface area contributed by atoms with Crippen LogP contribution in [0.15, 0.2) is 51.8 Å². The minimum Gasteiger partial charge on any atom is -0.505 e. The number of anilines is 1. The van der Waals surface area contributed by atoms with Crippen molar-refractivity contribution < 1.29 is 27.8 Å². The number of hydrogen-bond donors (Lipinski definition) is 2. The highest BCUT2D eigenvalue weighted by Gasteiger charge is 2.27. The van der Waals surface area contributed by atoms with Crippen molar-refractivity contribution in [1.29, 1.82) is 5.26 Å². The molecule has 0 amide bonds. The van der Waals surface area contributed by atoms with Crippen molar-refractivity contribution in [1.82, 2.24) is 0 Å². The summed E-state index contributed by atoms with van der Waals surface area (Å²) < 4.78 is 39.8. The van der Waals surface area contributed by atoms with E-state index in [-0.39, 0.29) is 28.1 Å². The Labute approximate surface area is 198 Å². The van der Waals surface area contributed by atoms with E-state index in [1.54, 1.807) is 37.3 Å². The molecule has 0 fully saturated rings. The third-order valence-corrected chi connectivity index (χ3v) is 7.17. The van der Waals surface area contributed by atoms with E-state index < -0.39 is 26.6 Å². The predicted molar refractivity (Wildman–Crippen MR) is 124 cm³/mol. The maximum Gasteiger partial charge on any atom is 0.338 e. The predicted octanol–water partition coefficient (Wildman–Crippen LogP) is 4.48. The Bertz CT molecular complexity index is 1460. The molecule has 0 saturated heterocycles. The van der Waals surface area contributed by atoms with Crippen molar-refractivity contribution in [3.63, 3.8) is 0 Å². The number of fused-ring (bicyclic) bond motifs is 6. The number of phenolic OH excluding ortho intramolecular Hbond substituents is 1. The van der Waals surface area contributed by atoms with Gasteiger partial charge in [0.15, 0.2) is 0 Å². The van der Waals surface area contributed by atoms with Gasteiger partial charge >= 0.3 is 5.97 Å². The first-order valence-electron chi connectivity index (χ1n) is 9.59. The molecule has 10 heteroatoms. The van der Waals surface area contributed by atoms with Crippen LogP contribution in [-0.4, -0.2) is 26.6 Å². The van der Waals surface area contributed by atoms with Gasteiger partial charge in [0.2, 0.25) is 0 Å². The number of nitrogens with one attached hydrogen (secondary N) is 1. The van der Waals surface area contributed by atoms with Crippen LogP contribution >= 0.6 is 15.9 Å². The van der Waals surface area contributed by atoms with Gasteiger partial charge in [-0.25, -0.2) is 13.2 Å². The number of hydrogen-bond acceptors (Lipinski definition) is 7. The van der Waals surface area contributed by atoms with E-state index in [1.165, 1.54) is 13.2 Å². The van der Waals surface area contributed by atoms with Crippen molar-refractivity contribution in [2.75, 3.05) is 11.8 Å². The van der Waals surface area contributed by atoms with Crippen LogP contribution in [-0.2, 0) is 21.4 Å². The Morgan fingerprint density at radius 2 is 1.94 bits per heavy atom. The molecule has 1 aliphatic rings. The van der Waals surface area contributed by atoms with E-state index in [0.29, 0.717) is 27.8 Å². The molecule has 168 valence electrons. The Morgan fingerprint density at radius 3 is 2.64 bits per heavy atom. The molecule has 4 rings (SSSR count). The number of nitrogens with zero attached hydrogens (tertiary/aromatic N) is 1. The molecule has 0 spiro atoms. The zero-order valence-corrected chi connectivity index (χ0v) is 19.9. The normalized spacial score (nSPS) is 14.3. The summed E-state index contributed by atoms with van der Waals surface area (Å²) in [5.74, 6) is -1.04. The fraction of sp³-hybridized carbons (Fsp3) is 0.130. The highest BCUT2D eigenvalue weighted by molar-refractivity contribution is 9.10. The molecule has 0 unspecified atom stereocenters. The van der Waals surface area contributed by atoms with Gasteiger partial charge in [0.1, 0.15) is 23.0 Å². The number of ether oxygens (including phenoxy) is 2. The highest BCUT2D eigenvalue weighted by Crippen LogP contribution is 2.40. The summed E-state index contributed by atoms with van der Waals surface area (Å²) in [6, 6.07) is 12.7. The van der Waals surface area contributed by atoms with E-state index in [1.807, 2.05) is 0 Å². The number of benzene rings is 3. The maximum atomic E-state index is 13.2. The van der Waals surface area contributed by atoms with Gasteiger partial charge in [-0.3, -0.25) is 4.72 Å². The second-order valence-electron chi connectivity index (χ2n) is 7.34. The Balaban J connectivity index is 2.05. The number of rotatable bonds is 1. The first kappa shape index (κ1) is 22.6. The smallest absolute Gasteiger partial charge is 0.338 e. The number of methoxy groups -OCH3 is 1. The topological polar surface area (TPSA) is 126 Å². The molecule has 4 bridgehead atoms. The molecule has 0 atom stereocenters. The van der Waals surface area contributed by atoms with Crippen LogP contribution in [0.4, 0.5) is 5.69 Å². The van der Waals surface area contributed by atoms with E-state index in [4.69, 9.17) is 9.47 Å². The van der Waals surface area contributed by atoms with Crippen LogP contribution < -0.4 is 9.46 Å². The van der Waals surface area contributed by atoms with Gasteiger partial charge in [0.25, 0.3) is 10.0 Å². The van der Waals surface area contributed by atoms with Gasteiger partial charge in [-0.2, -0.15) is 5.26 Å². The summed E-state index contributed by atoms with van der Waals surface area (Å²) >= 11 is 3.10. The van der Waals surface area contributed by atoms with Crippen LogP contribution in [0, 0.1) is 18.3 Å². The van der Waals surface area contributed by atoms with E-state index in [0.717, 1.165) is 6.07 Å². The minimum absolute atomic E-state index is 0.0168. The SMILES string of the molecule is COc1c(C)cc2cc1NS(=O)(=O)c1cc(cc(Br)c1O)C(=O)OCc1ccc(C#N)cc1-2. The van der Waals surface area contributed by atoms with Gasteiger partial charge in [-0.1, -0.05) is 6.07 Å². The zero-order chi connectivity index (χ0) is 23.9. The van der Waals surface area contributed by atoms with Crippen molar-refractivity contribution in [3.8, 4) is 28.7 Å². The van der Waals surface area contributed by atoms with Crippen LogP contribution in [0.2, 0.25) is 0 Å². The number of phenols is 1.